The van der Waals surface area contributed by atoms with Crippen LogP contribution in [0.2, 0.25) is 0 Å². The quantitative estimate of drug-likeness (QED) is 0.197. The lowest BCUT2D eigenvalue weighted by Gasteiger charge is -2.25. The van der Waals surface area contributed by atoms with Gasteiger partial charge in [0.25, 0.3) is 5.84 Å². The summed E-state index contributed by atoms with van der Waals surface area (Å²) < 4.78 is 27.2. The second-order valence-electron chi connectivity index (χ2n) is 10.8. The molecule has 0 saturated carbocycles. The molecule has 226 valence electrons. The van der Waals surface area contributed by atoms with Crippen molar-refractivity contribution in [2.24, 2.45) is 17.2 Å². The summed E-state index contributed by atoms with van der Waals surface area (Å²) in [6, 6.07) is 21.1. The molecule has 0 bridgehead atoms. The standard InChI is InChI=1S/C33H39N5O5/c1-3-41-32(39)30(43-29-13-4-22-14-17-38(33(35)36)21-25(22)20-29)23-5-11-27(12-6-23)42-28-15-18-37(19-16-28)31(34)24-7-9-26(40-2)10-8-24/h4-13,20,28,30,34H,3,14-19,21H2,1-2H3,(H3,35,36)/p+2. The van der Waals surface area contributed by atoms with Crippen LogP contribution in [-0.2, 0) is 22.5 Å². The average Bonchev–Trinajstić information content (AvgIpc) is 3.04. The Kier molecular flexibility index (Phi) is 9.34. The number of ether oxygens (including phenoxy) is 4. The molecule has 3 aromatic rings. The zero-order valence-corrected chi connectivity index (χ0v) is 24.8. The van der Waals surface area contributed by atoms with E-state index in [2.05, 4.69) is 4.58 Å². The second-order valence-corrected chi connectivity index (χ2v) is 10.8. The molecule has 1 atom stereocenters. The molecule has 0 aromatic heterocycles. The third-order valence-corrected chi connectivity index (χ3v) is 7.96. The molecule has 10 nitrogen and oxygen atoms in total. The van der Waals surface area contributed by atoms with Gasteiger partial charge in [-0.25, -0.2) is 4.79 Å². The molecule has 1 fully saturated rings. The predicted octanol–water partition coefficient (Wildman–Crippen LogP) is 2.68. The smallest absolute Gasteiger partial charge is 0.352 e. The van der Waals surface area contributed by atoms with Crippen LogP contribution >= 0.6 is 0 Å². The van der Waals surface area contributed by atoms with Crippen LogP contribution < -0.4 is 31.4 Å². The SMILES string of the molecule is CCOC(=O)C(Oc1ccc2c(c1)C[N+](=C(N)N)CC2)c1ccc(OC2CC[N+](=C(N)c3ccc(OC)cc3)CC2)cc1. The molecule has 5 rings (SSSR count). The van der Waals surface area contributed by atoms with Crippen molar-refractivity contribution < 1.29 is 32.9 Å². The average molecular weight is 588 g/mol. The van der Waals surface area contributed by atoms with E-state index in [0.717, 1.165) is 67.4 Å². The molecular weight excluding hydrogens is 546 g/mol. The van der Waals surface area contributed by atoms with Crippen molar-refractivity contribution in [3.63, 3.8) is 0 Å². The molecule has 0 aliphatic carbocycles. The summed E-state index contributed by atoms with van der Waals surface area (Å²) in [7, 11) is 1.65. The Balaban J connectivity index is 1.23. The zero-order chi connectivity index (χ0) is 30.3. The number of hydrogen-bond donors (Lipinski definition) is 3. The maximum Gasteiger partial charge on any atom is 0.352 e. The first-order chi connectivity index (χ1) is 20.8. The van der Waals surface area contributed by atoms with Gasteiger partial charge in [0.05, 0.1) is 45.5 Å². The minimum absolute atomic E-state index is 0.0673. The van der Waals surface area contributed by atoms with Crippen LogP contribution in [0.4, 0.5) is 0 Å². The van der Waals surface area contributed by atoms with Gasteiger partial charge in [0, 0.05) is 24.8 Å². The van der Waals surface area contributed by atoms with Crippen molar-refractivity contribution in [3.8, 4) is 17.2 Å². The lowest BCUT2D eigenvalue weighted by Crippen LogP contribution is -2.39. The highest BCUT2D eigenvalue weighted by Gasteiger charge is 2.27. The summed E-state index contributed by atoms with van der Waals surface area (Å²) in [5.41, 5.74) is 22.0. The molecule has 2 aliphatic rings. The van der Waals surface area contributed by atoms with Crippen LogP contribution in [0.15, 0.2) is 66.7 Å². The van der Waals surface area contributed by atoms with Gasteiger partial charge < -0.3 is 18.9 Å². The third-order valence-electron chi connectivity index (χ3n) is 7.96. The van der Waals surface area contributed by atoms with Gasteiger partial charge in [-0.3, -0.25) is 26.4 Å². The van der Waals surface area contributed by atoms with E-state index in [1.54, 1.807) is 14.0 Å². The number of nitrogens with two attached hydrogens (primary N) is 3. The number of benzene rings is 3. The van der Waals surface area contributed by atoms with Gasteiger partial charge in [-0.15, -0.1) is 0 Å². The fourth-order valence-corrected chi connectivity index (χ4v) is 5.51. The number of guanidine groups is 1. The summed E-state index contributed by atoms with van der Waals surface area (Å²) in [4.78, 5) is 13.0. The van der Waals surface area contributed by atoms with Gasteiger partial charge in [-0.1, -0.05) is 18.2 Å². The van der Waals surface area contributed by atoms with Gasteiger partial charge in [0.15, 0.2) is 0 Å². The van der Waals surface area contributed by atoms with Crippen molar-refractivity contribution in [2.45, 2.75) is 44.9 Å². The Labute approximate surface area is 252 Å². The maximum atomic E-state index is 13.0. The molecule has 0 amide bonds. The second kappa shape index (κ2) is 13.5. The Morgan fingerprint density at radius 3 is 2.19 bits per heavy atom. The van der Waals surface area contributed by atoms with Crippen LogP contribution in [0, 0.1) is 0 Å². The fraction of sp³-hybridized carbons (Fsp3) is 0.364. The number of carbonyl (C=O) groups excluding carboxylic acids is 1. The highest BCUT2D eigenvalue weighted by molar-refractivity contribution is 5.93. The molecule has 6 N–H and O–H groups in total. The minimum Gasteiger partial charge on any atom is -0.497 e. The van der Waals surface area contributed by atoms with E-state index in [-0.39, 0.29) is 12.7 Å². The van der Waals surface area contributed by atoms with E-state index < -0.39 is 12.1 Å². The number of piperidine rings is 1. The summed E-state index contributed by atoms with van der Waals surface area (Å²) >= 11 is 0. The molecule has 10 heteroatoms. The topological polar surface area (TPSA) is 138 Å². The van der Waals surface area contributed by atoms with Crippen LogP contribution in [0.1, 0.15) is 48.1 Å². The lowest BCUT2D eigenvalue weighted by molar-refractivity contribution is -0.549. The number of nitrogens with zero attached hydrogens (tertiary/aromatic N) is 2. The van der Waals surface area contributed by atoms with Crippen LogP contribution in [0.25, 0.3) is 0 Å². The molecular formula is C33H41N5O5+2. The predicted molar refractivity (Wildman–Crippen MR) is 164 cm³/mol. The first kappa shape index (κ1) is 29.8. The van der Waals surface area contributed by atoms with E-state index in [0.29, 0.717) is 23.8 Å². The van der Waals surface area contributed by atoms with E-state index in [1.165, 1.54) is 5.56 Å². The first-order valence-electron chi connectivity index (χ1n) is 14.7. The van der Waals surface area contributed by atoms with Crippen molar-refractivity contribution in [1.29, 1.82) is 0 Å². The molecule has 1 saturated heterocycles. The van der Waals surface area contributed by atoms with E-state index in [1.807, 2.05) is 71.3 Å². The number of methoxy groups -OCH3 is 1. The number of carbonyl (C=O) groups is 1. The summed E-state index contributed by atoms with van der Waals surface area (Å²) in [6.45, 7) is 4.99. The maximum absolute atomic E-state index is 13.0. The highest BCUT2D eigenvalue weighted by atomic mass is 16.6. The summed E-state index contributed by atoms with van der Waals surface area (Å²) in [5.74, 6) is 2.72. The van der Waals surface area contributed by atoms with Gasteiger partial charge in [-0.05, 0) is 66.6 Å². The zero-order valence-electron chi connectivity index (χ0n) is 24.8. The molecule has 1 unspecified atom stereocenters. The number of hydrogen-bond acceptors (Lipinski definition) is 5. The summed E-state index contributed by atoms with van der Waals surface area (Å²) in [5, 5.41) is 0. The molecule has 3 aromatic carbocycles. The highest BCUT2D eigenvalue weighted by Crippen LogP contribution is 2.29. The van der Waals surface area contributed by atoms with E-state index in [4.69, 9.17) is 36.1 Å². The Hall–Kier alpha value is -4.73. The van der Waals surface area contributed by atoms with Crippen molar-refractivity contribution in [2.75, 3.05) is 33.4 Å². The van der Waals surface area contributed by atoms with Crippen LogP contribution in [0.5, 0.6) is 17.2 Å². The number of fused-ring (bicyclic) bond motifs is 1. The van der Waals surface area contributed by atoms with Crippen molar-refractivity contribution in [1.82, 2.24) is 0 Å². The van der Waals surface area contributed by atoms with Crippen molar-refractivity contribution in [3.05, 3.63) is 89.0 Å². The van der Waals surface area contributed by atoms with Gasteiger partial charge in [0.1, 0.15) is 23.4 Å². The van der Waals surface area contributed by atoms with Crippen molar-refractivity contribution >= 4 is 17.8 Å². The Bertz CT molecular complexity index is 1490. The fourth-order valence-electron chi connectivity index (χ4n) is 5.51. The number of esters is 1. The molecule has 2 heterocycles. The third kappa shape index (κ3) is 7.20. The molecule has 0 spiro atoms. The van der Waals surface area contributed by atoms with Crippen LogP contribution in [-0.4, -0.2) is 66.4 Å². The van der Waals surface area contributed by atoms with Gasteiger partial charge >= 0.3 is 11.9 Å². The first-order valence-corrected chi connectivity index (χ1v) is 14.7. The molecule has 43 heavy (non-hydrogen) atoms. The Morgan fingerprint density at radius 2 is 1.53 bits per heavy atom. The normalized spacial score (nSPS) is 16.9. The van der Waals surface area contributed by atoms with Crippen LogP contribution in [0.3, 0.4) is 0 Å². The molecule has 2 aliphatic heterocycles. The molecule has 0 radical (unpaired) electrons. The minimum atomic E-state index is -0.919. The summed E-state index contributed by atoms with van der Waals surface area (Å²) in [6.07, 6.45) is 1.67. The van der Waals surface area contributed by atoms with Gasteiger partial charge in [-0.2, -0.15) is 0 Å². The lowest BCUT2D eigenvalue weighted by atomic mass is 10.0. The Morgan fingerprint density at radius 1 is 0.860 bits per heavy atom. The van der Waals surface area contributed by atoms with E-state index in [9.17, 15) is 4.79 Å². The largest absolute Gasteiger partial charge is 0.497 e. The monoisotopic (exact) mass is 587 g/mol. The van der Waals surface area contributed by atoms with Gasteiger partial charge in [0.2, 0.25) is 6.10 Å². The number of amidine groups is 1. The van der Waals surface area contributed by atoms with E-state index >= 15 is 0 Å². The number of rotatable bonds is 9.